The Balaban J connectivity index is 1.48. The van der Waals surface area contributed by atoms with E-state index in [4.69, 9.17) is 10.00 Å². The Labute approximate surface area is 184 Å². The number of rotatable bonds is 6. The Morgan fingerprint density at radius 1 is 1.25 bits per heavy atom. The normalized spacial score (nSPS) is 14.1. The highest BCUT2D eigenvalue weighted by Crippen LogP contribution is 2.32. The van der Waals surface area contributed by atoms with Crippen molar-refractivity contribution in [2.24, 2.45) is 7.05 Å². The first-order chi connectivity index (χ1) is 15.5. The highest BCUT2D eigenvalue weighted by Gasteiger charge is 2.27. The second kappa shape index (κ2) is 8.89. The topological polar surface area (TPSA) is 114 Å². The molecule has 9 heteroatoms. The van der Waals surface area contributed by atoms with E-state index in [0.717, 1.165) is 0 Å². The first kappa shape index (κ1) is 21.1. The molecule has 0 radical (unpaired) electrons. The number of carbonyl (C=O) groups excluding carboxylic acids is 1. The molecule has 1 aliphatic rings. The molecule has 2 aromatic carbocycles. The van der Waals surface area contributed by atoms with Gasteiger partial charge in [0, 0.05) is 57.0 Å². The molecule has 0 aliphatic carbocycles. The van der Waals surface area contributed by atoms with Gasteiger partial charge in [-0.1, -0.05) is 6.07 Å². The molecule has 1 saturated heterocycles. The minimum absolute atomic E-state index is 0.0384. The summed E-state index contributed by atoms with van der Waals surface area (Å²) in [7, 11) is 1.70. The van der Waals surface area contributed by atoms with Crippen LogP contribution < -0.4 is 9.64 Å². The van der Waals surface area contributed by atoms with Crippen molar-refractivity contribution in [1.29, 1.82) is 5.26 Å². The van der Waals surface area contributed by atoms with Gasteiger partial charge in [-0.2, -0.15) is 5.26 Å². The van der Waals surface area contributed by atoms with Crippen molar-refractivity contribution >= 4 is 17.2 Å². The fraction of sp³-hybridized carbons (Fsp3) is 0.261. The van der Waals surface area contributed by atoms with Crippen LogP contribution in [0.5, 0.6) is 5.75 Å². The molecule has 32 heavy (non-hydrogen) atoms. The van der Waals surface area contributed by atoms with Crippen molar-refractivity contribution in [3.05, 3.63) is 81.9 Å². The Hall–Kier alpha value is -4.19. The van der Waals surface area contributed by atoms with Crippen LogP contribution in [-0.2, 0) is 7.05 Å². The van der Waals surface area contributed by atoms with Crippen LogP contribution in [0.2, 0.25) is 0 Å². The van der Waals surface area contributed by atoms with Gasteiger partial charge in [0.15, 0.2) is 5.82 Å². The number of aromatic nitrogens is 2. The van der Waals surface area contributed by atoms with Crippen molar-refractivity contribution in [3.8, 4) is 11.8 Å². The van der Waals surface area contributed by atoms with E-state index < -0.39 is 4.92 Å². The molecule has 0 bridgehead atoms. The molecule has 3 aromatic rings. The van der Waals surface area contributed by atoms with Gasteiger partial charge in [-0.15, -0.1) is 0 Å². The number of ether oxygens (including phenoxy) is 1. The first-order valence-electron chi connectivity index (χ1n) is 10.2. The zero-order valence-corrected chi connectivity index (χ0v) is 17.5. The quantitative estimate of drug-likeness (QED) is 0.333. The molecule has 0 amide bonds. The summed E-state index contributed by atoms with van der Waals surface area (Å²) in [5, 5.41) is 20.8. The highest BCUT2D eigenvalue weighted by atomic mass is 16.6. The highest BCUT2D eigenvalue weighted by molar-refractivity contribution is 6.07. The van der Waals surface area contributed by atoms with Gasteiger partial charge in [0.25, 0.3) is 5.69 Å². The Kier molecular flexibility index (Phi) is 5.85. The molecule has 4 rings (SSSR count). The lowest BCUT2D eigenvalue weighted by molar-refractivity contribution is -0.384. The van der Waals surface area contributed by atoms with Crippen LogP contribution in [0.3, 0.4) is 0 Å². The Morgan fingerprint density at radius 2 is 2.03 bits per heavy atom. The third kappa shape index (κ3) is 4.30. The number of aryl methyl sites for hydroxylation is 1. The molecule has 0 N–H and O–H groups in total. The summed E-state index contributed by atoms with van der Waals surface area (Å²) in [4.78, 5) is 30.0. The van der Waals surface area contributed by atoms with E-state index in [1.54, 1.807) is 48.1 Å². The van der Waals surface area contributed by atoms with Crippen molar-refractivity contribution in [1.82, 2.24) is 9.55 Å². The SMILES string of the molecule is Cn1ccnc1C(=O)c1ccc(N2CCC(Oc3cccc(C#N)c3)CC2)c([N+](=O)[O-])c1. The number of carbonyl (C=O) groups is 1. The summed E-state index contributed by atoms with van der Waals surface area (Å²) in [5.41, 5.74) is 1.14. The molecule has 162 valence electrons. The van der Waals surface area contributed by atoms with Crippen molar-refractivity contribution in [2.45, 2.75) is 18.9 Å². The summed E-state index contributed by atoms with van der Waals surface area (Å²) in [6, 6.07) is 13.7. The van der Waals surface area contributed by atoms with Gasteiger partial charge in [-0.3, -0.25) is 14.9 Å². The van der Waals surface area contributed by atoms with E-state index in [-0.39, 0.29) is 29.0 Å². The maximum absolute atomic E-state index is 12.7. The molecule has 0 saturated carbocycles. The lowest BCUT2D eigenvalue weighted by Crippen LogP contribution is -2.38. The zero-order valence-electron chi connectivity index (χ0n) is 17.5. The number of piperidine rings is 1. The summed E-state index contributed by atoms with van der Waals surface area (Å²) in [6.07, 6.45) is 4.49. The second-order valence-electron chi connectivity index (χ2n) is 7.60. The number of hydrogen-bond donors (Lipinski definition) is 0. The maximum Gasteiger partial charge on any atom is 0.293 e. The van der Waals surface area contributed by atoms with E-state index in [1.165, 1.54) is 12.3 Å². The monoisotopic (exact) mass is 431 g/mol. The number of nitro benzene ring substituents is 1. The largest absolute Gasteiger partial charge is 0.490 e. The van der Waals surface area contributed by atoms with Crippen LogP contribution in [0.25, 0.3) is 0 Å². The third-order valence-electron chi connectivity index (χ3n) is 5.51. The van der Waals surface area contributed by atoms with Gasteiger partial charge in [-0.25, -0.2) is 4.98 Å². The molecule has 0 spiro atoms. The lowest BCUT2D eigenvalue weighted by atomic mass is 10.0. The Bertz CT molecular complexity index is 1210. The van der Waals surface area contributed by atoms with Crippen LogP contribution >= 0.6 is 0 Å². The molecular weight excluding hydrogens is 410 g/mol. The average Bonchev–Trinajstić information content (AvgIpc) is 3.24. The van der Waals surface area contributed by atoms with Gasteiger partial charge in [0.1, 0.15) is 17.5 Å². The number of nitrogens with zero attached hydrogens (tertiary/aromatic N) is 5. The average molecular weight is 431 g/mol. The molecule has 0 atom stereocenters. The van der Waals surface area contributed by atoms with E-state index in [1.807, 2.05) is 11.0 Å². The predicted molar refractivity (Wildman–Crippen MR) is 117 cm³/mol. The predicted octanol–water partition coefficient (Wildman–Crippen LogP) is 3.48. The molecule has 1 aromatic heterocycles. The second-order valence-corrected chi connectivity index (χ2v) is 7.60. The number of nitriles is 1. The van der Waals surface area contributed by atoms with Gasteiger partial charge >= 0.3 is 0 Å². The van der Waals surface area contributed by atoms with Crippen LogP contribution in [0.4, 0.5) is 11.4 Å². The van der Waals surface area contributed by atoms with Crippen LogP contribution in [0.15, 0.2) is 54.9 Å². The summed E-state index contributed by atoms with van der Waals surface area (Å²) in [5.74, 6) is 0.509. The Morgan fingerprint density at radius 3 is 2.69 bits per heavy atom. The number of hydrogen-bond acceptors (Lipinski definition) is 7. The molecule has 0 unspecified atom stereocenters. The number of nitro groups is 1. The fourth-order valence-corrected chi connectivity index (χ4v) is 3.84. The van der Waals surface area contributed by atoms with E-state index in [0.29, 0.717) is 42.9 Å². The number of ketones is 1. The molecule has 1 fully saturated rings. The minimum atomic E-state index is -0.458. The summed E-state index contributed by atoms with van der Waals surface area (Å²) >= 11 is 0. The van der Waals surface area contributed by atoms with Crippen LogP contribution in [-0.4, -0.2) is 39.5 Å². The minimum Gasteiger partial charge on any atom is -0.490 e. The van der Waals surface area contributed by atoms with E-state index in [2.05, 4.69) is 11.1 Å². The first-order valence-corrected chi connectivity index (χ1v) is 10.2. The van der Waals surface area contributed by atoms with Gasteiger partial charge in [0.2, 0.25) is 5.78 Å². The maximum atomic E-state index is 12.7. The van der Waals surface area contributed by atoms with Gasteiger partial charge in [0.05, 0.1) is 16.6 Å². The number of benzene rings is 2. The molecule has 1 aliphatic heterocycles. The molecule has 9 nitrogen and oxygen atoms in total. The third-order valence-corrected chi connectivity index (χ3v) is 5.51. The standard InChI is InChI=1S/C23H21N5O4/c1-26-12-9-25-23(26)22(29)17-5-6-20(21(14-17)28(30)31)27-10-7-18(8-11-27)32-19-4-2-3-16(13-19)15-24/h2-6,9,12-14,18H,7-8,10-11H2,1H3. The zero-order chi connectivity index (χ0) is 22.7. The van der Waals surface area contributed by atoms with E-state index in [9.17, 15) is 14.9 Å². The molecular formula is C23H21N5O4. The van der Waals surface area contributed by atoms with Crippen LogP contribution in [0.1, 0.15) is 34.6 Å². The van der Waals surface area contributed by atoms with Crippen molar-refractivity contribution in [3.63, 3.8) is 0 Å². The van der Waals surface area contributed by atoms with E-state index >= 15 is 0 Å². The summed E-state index contributed by atoms with van der Waals surface area (Å²) < 4.78 is 7.58. The van der Waals surface area contributed by atoms with Crippen molar-refractivity contribution < 1.29 is 14.5 Å². The fourth-order valence-electron chi connectivity index (χ4n) is 3.84. The lowest BCUT2D eigenvalue weighted by Gasteiger charge is -2.33. The molecule has 2 heterocycles. The number of imidazole rings is 1. The number of anilines is 1. The van der Waals surface area contributed by atoms with Gasteiger partial charge < -0.3 is 14.2 Å². The van der Waals surface area contributed by atoms with Gasteiger partial charge in [-0.05, 0) is 30.3 Å². The van der Waals surface area contributed by atoms with Crippen molar-refractivity contribution in [2.75, 3.05) is 18.0 Å². The van der Waals surface area contributed by atoms with Crippen LogP contribution in [0, 0.1) is 21.4 Å². The summed E-state index contributed by atoms with van der Waals surface area (Å²) in [6.45, 7) is 1.16. The smallest absolute Gasteiger partial charge is 0.293 e.